The van der Waals surface area contributed by atoms with Gasteiger partial charge in [-0.05, 0) is 19.9 Å². The van der Waals surface area contributed by atoms with E-state index in [4.69, 9.17) is 26.8 Å². The topological polar surface area (TPSA) is 61.5 Å². The first-order valence-electron chi connectivity index (χ1n) is 5.65. The number of esters is 1. The van der Waals surface area contributed by atoms with E-state index in [1.165, 1.54) is 7.11 Å². The fourth-order valence-electron chi connectivity index (χ4n) is 2.41. The molecule has 4 nitrogen and oxygen atoms in total. The summed E-state index contributed by atoms with van der Waals surface area (Å²) in [5.74, 6) is -0.0225. The lowest BCUT2D eigenvalue weighted by Gasteiger charge is -2.42. The molecule has 2 rings (SSSR count). The highest BCUT2D eigenvalue weighted by Gasteiger charge is 2.49. The number of ether oxygens (including phenoxy) is 2. The van der Waals surface area contributed by atoms with Crippen molar-refractivity contribution in [1.82, 2.24) is 0 Å². The van der Waals surface area contributed by atoms with Crippen molar-refractivity contribution >= 4 is 17.6 Å². The highest BCUT2D eigenvalue weighted by Crippen LogP contribution is 2.45. The number of methoxy groups -OCH3 is 1. The van der Waals surface area contributed by atoms with Crippen LogP contribution in [-0.4, -0.2) is 18.7 Å². The van der Waals surface area contributed by atoms with E-state index in [1.807, 2.05) is 13.8 Å². The number of carbonyl (C=O) groups excluding carboxylic acids is 1. The summed E-state index contributed by atoms with van der Waals surface area (Å²) in [5.41, 5.74) is 5.02. The number of fused-ring (bicyclic) bond motifs is 1. The molecule has 1 aromatic rings. The molecule has 0 saturated carbocycles. The zero-order valence-corrected chi connectivity index (χ0v) is 11.4. The molecule has 1 aromatic carbocycles. The van der Waals surface area contributed by atoms with Gasteiger partial charge >= 0.3 is 5.97 Å². The summed E-state index contributed by atoms with van der Waals surface area (Å²) in [6, 6.07) is 5.19. The second-order valence-corrected chi connectivity index (χ2v) is 5.53. The van der Waals surface area contributed by atoms with Crippen LogP contribution in [0.4, 0.5) is 0 Å². The average Bonchev–Trinajstić information content (AvgIpc) is 2.28. The minimum Gasteiger partial charge on any atom is -0.486 e. The van der Waals surface area contributed by atoms with Crippen LogP contribution in [0.15, 0.2) is 18.2 Å². The third-order valence-corrected chi connectivity index (χ3v) is 3.38. The minimum atomic E-state index is -1.23. The molecule has 5 heteroatoms. The molecule has 1 heterocycles. The van der Waals surface area contributed by atoms with Crippen LogP contribution in [0.5, 0.6) is 5.75 Å². The molecule has 0 spiro atoms. The minimum absolute atomic E-state index is 0.333. The lowest BCUT2D eigenvalue weighted by atomic mass is 9.78. The van der Waals surface area contributed by atoms with Crippen LogP contribution in [0.1, 0.15) is 25.8 Å². The van der Waals surface area contributed by atoms with Gasteiger partial charge < -0.3 is 15.2 Å². The fraction of sp³-hybridized carbons (Fsp3) is 0.462. The molecule has 0 aliphatic carbocycles. The molecule has 0 radical (unpaired) electrons. The Morgan fingerprint density at radius 2 is 2.17 bits per heavy atom. The number of hydrogen-bond donors (Lipinski definition) is 1. The van der Waals surface area contributed by atoms with Gasteiger partial charge in [0.1, 0.15) is 16.9 Å². The van der Waals surface area contributed by atoms with E-state index in [0.717, 1.165) is 0 Å². The van der Waals surface area contributed by atoms with Gasteiger partial charge in [0.15, 0.2) is 0 Å². The van der Waals surface area contributed by atoms with Crippen molar-refractivity contribution < 1.29 is 14.3 Å². The van der Waals surface area contributed by atoms with Gasteiger partial charge in [0.25, 0.3) is 0 Å². The van der Waals surface area contributed by atoms with Crippen molar-refractivity contribution in [2.75, 3.05) is 7.11 Å². The van der Waals surface area contributed by atoms with Crippen molar-refractivity contribution in [3.63, 3.8) is 0 Å². The summed E-state index contributed by atoms with van der Waals surface area (Å²) in [5, 5.41) is 0.444. The van der Waals surface area contributed by atoms with Crippen molar-refractivity contribution in [2.45, 2.75) is 31.4 Å². The Hall–Kier alpha value is -1.26. The normalized spacial score (nSPS) is 24.9. The van der Waals surface area contributed by atoms with E-state index >= 15 is 0 Å². The van der Waals surface area contributed by atoms with Crippen LogP contribution in [0.2, 0.25) is 5.02 Å². The summed E-state index contributed by atoms with van der Waals surface area (Å²) >= 11 is 6.11. The zero-order chi connectivity index (χ0) is 13.6. The van der Waals surface area contributed by atoms with Crippen LogP contribution in [0.25, 0.3) is 0 Å². The van der Waals surface area contributed by atoms with E-state index in [-0.39, 0.29) is 0 Å². The van der Waals surface area contributed by atoms with Gasteiger partial charge in [-0.25, -0.2) is 4.79 Å². The molecule has 2 N–H and O–H groups in total. The van der Waals surface area contributed by atoms with Crippen molar-refractivity contribution in [1.29, 1.82) is 0 Å². The van der Waals surface area contributed by atoms with Crippen LogP contribution < -0.4 is 10.5 Å². The van der Waals surface area contributed by atoms with Crippen LogP contribution in [-0.2, 0) is 15.1 Å². The fourth-order valence-corrected chi connectivity index (χ4v) is 2.62. The Kier molecular flexibility index (Phi) is 3.03. The second kappa shape index (κ2) is 4.14. The Bertz CT molecular complexity index is 501. The lowest BCUT2D eigenvalue weighted by molar-refractivity contribution is -0.151. The predicted molar refractivity (Wildman–Crippen MR) is 68.7 cm³/mol. The van der Waals surface area contributed by atoms with Crippen molar-refractivity contribution in [3.05, 3.63) is 28.8 Å². The maximum atomic E-state index is 12.0. The molecule has 0 bridgehead atoms. The first-order valence-corrected chi connectivity index (χ1v) is 6.03. The molecule has 0 amide bonds. The van der Waals surface area contributed by atoms with Gasteiger partial charge in [0.2, 0.25) is 0 Å². The van der Waals surface area contributed by atoms with Gasteiger partial charge in [-0.1, -0.05) is 23.7 Å². The zero-order valence-electron chi connectivity index (χ0n) is 10.6. The number of hydrogen-bond acceptors (Lipinski definition) is 4. The van der Waals surface area contributed by atoms with E-state index < -0.39 is 17.1 Å². The number of halogens is 1. The van der Waals surface area contributed by atoms with Crippen LogP contribution in [0.3, 0.4) is 0 Å². The first kappa shape index (κ1) is 13.2. The number of carbonyl (C=O) groups is 1. The van der Waals surface area contributed by atoms with E-state index in [9.17, 15) is 4.79 Å². The number of para-hydroxylation sites is 1. The molecule has 98 valence electrons. The number of nitrogens with two attached hydrogens (primary N) is 1. The van der Waals surface area contributed by atoms with Gasteiger partial charge in [-0.2, -0.15) is 0 Å². The Labute approximate surface area is 111 Å². The Morgan fingerprint density at radius 3 is 2.78 bits per heavy atom. The van der Waals surface area contributed by atoms with E-state index in [2.05, 4.69) is 0 Å². The molecule has 1 aliphatic heterocycles. The van der Waals surface area contributed by atoms with Gasteiger partial charge in [0, 0.05) is 12.0 Å². The quantitative estimate of drug-likeness (QED) is 0.794. The molecule has 0 fully saturated rings. The number of benzene rings is 1. The van der Waals surface area contributed by atoms with Crippen LogP contribution in [0, 0.1) is 0 Å². The van der Waals surface area contributed by atoms with Crippen molar-refractivity contribution in [2.24, 2.45) is 5.73 Å². The standard InChI is InChI=1S/C13H16ClNO3/c1-12(2)7-13(15,11(16)17-3)8-5-4-6-9(14)10(8)18-12/h4-6H,7,15H2,1-3H3. The summed E-state index contributed by atoms with van der Waals surface area (Å²) in [4.78, 5) is 12.0. The number of rotatable bonds is 1. The van der Waals surface area contributed by atoms with Gasteiger partial charge in [-0.3, -0.25) is 0 Å². The molecule has 0 saturated heterocycles. The van der Waals surface area contributed by atoms with Crippen LogP contribution >= 0.6 is 11.6 Å². The van der Waals surface area contributed by atoms with E-state index in [1.54, 1.807) is 18.2 Å². The summed E-state index contributed by atoms with van der Waals surface area (Å²) in [6.45, 7) is 3.73. The SMILES string of the molecule is COC(=O)C1(N)CC(C)(C)Oc2c(Cl)cccc21. The maximum absolute atomic E-state index is 12.0. The highest BCUT2D eigenvalue weighted by molar-refractivity contribution is 6.32. The Balaban J connectivity index is 2.64. The predicted octanol–water partition coefficient (Wildman–Crippen LogP) is 2.23. The smallest absolute Gasteiger partial charge is 0.330 e. The largest absolute Gasteiger partial charge is 0.486 e. The third-order valence-electron chi connectivity index (χ3n) is 3.08. The van der Waals surface area contributed by atoms with E-state index in [0.29, 0.717) is 22.8 Å². The average molecular weight is 270 g/mol. The monoisotopic (exact) mass is 269 g/mol. The summed E-state index contributed by atoms with van der Waals surface area (Å²) in [7, 11) is 1.32. The first-order chi connectivity index (χ1) is 8.30. The van der Waals surface area contributed by atoms with Gasteiger partial charge in [-0.15, -0.1) is 0 Å². The molecule has 1 unspecified atom stereocenters. The maximum Gasteiger partial charge on any atom is 0.330 e. The lowest BCUT2D eigenvalue weighted by Crippen LogP contribution is -2.54. The molecular formula is C13H16ClNO3. The molecule has 1 atom stereocenters. The molecule has 1 aliphatic rings. The van der Waals surface area contributed by atoms with Crippen molar-refractivity contribution in [3.8, 4) is 5.75 Å². The third kappa shape index (κ3) is 1.95. The Morgan fingerprint density at radius 1 is 1.50 bits per heavy atom. The molecular weight excluding hydrogens is 254 g/mol. The summed E-state index contributed by atoms with van der Waals surface area (Å²) < 4.78 is 10.6. The molecule has 0 aromatic heterocycles. The molecule has 18 heavy (non-hydrogen) atoms. The van der Waals surface area contributed by atoms with Gasteiger partial charge in [0.05, 0.1) is 12.1 Å². The second-order valence-electron chi connectivity index (χ2n) is 5.12. The summed E-state index contributed by atoms with van der Waals surface area (Å²) in [6.07, 6.45) is 0.333. The highest BCUT2D eigenvalue weighted by atomic mass is 35.5.